The predicted octanol–water partition coefficient (Wildman–Crippen LogP) is 2.67. The summed E-state index contributed by atoms with van der Waals surface area (Å²) in [4.78, 5) is 19.2. The van der Waals surface area contributed by atoms with E-state index in [1.165, 1.54) is 0 Å². The number of aliphatic imine (C=N–C) groups is 1. The van der Waals surface area contributed by atoms with Crippen molar-refractivity contribution in [3.05, 3.63) is 46.4 Å². The number of piperidine rings is 1. The van der Waals surface area contributed by atoms with Gasteiger partial charge in [-0.05, 0) is 55.9 Å². The highest BCUT2D eigenvalue weighted by molar-refractivity contribution is 7.59. The Morgan fingerprint density at radius 2 is 1.95 bits per heavy atom. The first kappa shape index (κ1) is 28.6. The second-order valence-electron chi connectivity index (χ2n) is 10.7. The van der Waals surface area contributed by atoms with Gasteiger partial charge in [0.2, 0.25) is 0 Å². The molecule has 4 aliphatic rings. The highest BCUT2D eigenvalue weighted by Crippen LogP contribution is 2.42. The maximum atomic E-state index is 10.3. The maximum Gasteiger partial charge on any atom is 0.156 e. The number of nitrogens with two attached hydrogens (primary N) is 1. The fraction of sp³-hybridized carbons (Fsp3) is 0.556. The topological polar surface area (TPSA) is 124 Å². The molecule has 6 rings (SSSR count). The molecule has 2 fully saturated rings. The van der Waals surface area contributed by atoms with Crippen molar-refractivity contribution in [3.63, 3.8) is 0 Å². The number of hydrogen-bond acceptors (Lipinski definition) is 9. The molecule has 5 heterocycles. The monoisotopic (exact) mass is 555 g/mol. The summed E-state index contributed by atoms with van der Waals surface area (Å²) in [5, 5.41) is 19.6. The van der Waals surface area contributed by atoms with Crippen molar-refractivity contribution in [3.8, 4) is 6.07 Å². The summed E-state index contributed by atoms with van der Waals surface area (Å²) in [5.41, 5.74) is 11.6. The summed E-state index contributed by atoms with van der Waals surface area (Å²) in [6.45, 7) is 7.73. The summed E-state index contributed by atoms with van der Waals surface area (Å²) in [5.74, 6) is 1.93. The van der Waals surface area contributed by atoms with Crippen LogP contribution in [0.5, 0.6) is 0 Å². The van der Waals surface area contributed by atoms with Crippen molar-refractivity contribution >= 4 is 44.3 Å². The number of anilines is 2. The van der Waals surface area contributed by atoms with Gasteiger partial charge in [0.05, 0.1) is 43.2 Å². The average Bonchev–Trinajstić information content (AvgIpc) is 3.44. The van der Waals surface area contributed by atoms with Gasteiger partial charge in [0.15, 0.2) is 11.7 Å². The zero-order chi connectivity index (χ0) is 25.0. The highest BCUT2D eigenvalue weighted by atomic mass is 32.1. The minimum atomic E-state index is -0.177. The third-order valence-corrected chi connectivity index (χ3v) is 8.68. The standard InChI is InChI=1S/C27H33N7O2.2H2S/c1-16-5-8-34(22-4-3-18(12-28)11-19(16)22)26-23-20(13-30-26)32-25(21(14-35)31-23)33-9-6-27(7-10-33)15-36-17(2)24(27)29;;/h3-4,11,16-17,24,35H,5-10,13-15,29H2,1-2H3;2*1H2/t16-,17-,24+;;/m0../s1. The molecular weight excluding hydrogens is 518 g/mol. The van der Waals surface area contributed by atoms with E-state index in [1.54, 1.807) is 0 Å². The molecule has 0 radical (unpaired) electrons. The van der Waals surface area contributed by atoms with E-state index >= 15 is 0 Å². The van der Waals surface area contributed by atoms with Crippen LogP contribution < -0.4 is 15.5 Å². The molecule has 4 aliphatic heterocycles. The Kier molecular flexibility index (Phi) is 8.31. The molecule has 11 heteroatoms. The number of rotatable bonds is 2. The van der Waals surface area contributed by atoms with E-state index in [-0.39, 0.29) is 51.2 Å². The zero-order valence-electron chi connectivity index (χ0n) is 21.9. The molecule has 3 N–H and O–H groups in total. The van der Waals surface area contributed by atoms with Crippen LogP contribution in [0.15, 0.2) is 23.2 Å². The molecule has 2 aromatic rings. The molecule has 2 saturated heterocycles. The number of nitrogens with zero attached hydrogens (tertiary/aromatic N) is 6. The van der Waals surface area contributed by atoms with E-state index in [0.717, 1.165) is 79.8 Å². The first-order valence-corrected chi connectivity index (χ1v) is 12.9. The molecule has 0 saturated carbocycles. The van der Waals surface area contributed by atoms with E-state index < -0.39 is 0 Å². The highest BCUT2D eigenvalue weighted by Gasteiger charge is 2.48. The van der Waals surface area contributed by atoms with Crippen molar-refractivity contribution in [1.29, 1.82) is 5.26 Å². The molecule has 38 heavy (non-hydrogen) atoms. The van der Waals surface area contributed by atoms with E-state index in [9.17, 15) is 10.4 Å². The molecule has 0 aliphatic carbocycles. The SMILES string of the molecule is C[C@@H]1OCC2(CCN(c3nc4c(nc3CO)C(N3CC[C@H](C)c5cc(C#N)ccc53)=NC4)CC2)[C@@H]1N.S.S. The largest absolute Gasteiger partial charge is 0.390 e. The van der Waals surface area contributed by atoms with Crippen molar-refractivity contribution in [2.45, 2.75) is 64.3 Å². The van der Waals surface area contributed by atoms with Crippen LogP contribution in [0, 0.1) is 16.7 Å². The molecule has 3 atom stereocenters. The average molecular weight is 556 g/mol. The number of benzene rings is 1. The van der Waals surface area contributed by atoms with Crippen molar-refractivity contribution in [2.75, 3.05) is 36.0 Å². The van der Waals surface area contributed by atoms with E-state index in [4.69, 9.17) is 25.4 Å². The van der Waals surface area contributed by atoms with Crippen molar-refractivity contribution in [1.82, 2.24) is 9.97 Å². The number of ether oxygens (including phenoxy) is 1. The molecule has 0 unspecified atom stereocenters. The third kappa shape index (κ3) is 4.56. The van der Waals surface area contributed by atoms with Gasteiger partial charge in [0.25, 0.3) is 0 Å². The van der Waals surface area contributed by atoms with Gasteiger partial charge in [-0.2, -0.15) is 32.3 Å². The van der Waals surface area contributed by atoms with Crippen LogP contribution >= 0.6 is 27.0 Å². The lowest BCUT2D eigenvalue weighted by atomic mass is 9.73. The molecular formula is C27H37N7O2S2. The number of hydrogen-bond donors (Lipinski definition) is 2. The Labute approximate surface area is 238 Å². The van der Waals surface area contributed by atoms with Crippen LogP contribution in [0.2, 0.25) is 0 Å². The van der Waals surface area contributed by atoms with E-state index in [2.05, 4.69) is 29.7 Å². The summed E-state index contributed by atoms with van der Waals surface area (Å²) in [6, 6.07) is 8.17. The number of aromatic nitrogens is 2. The maximum absolute atomic E-state index is 10.3. The van der Waals surface area contributed by atoms with E-state index in [0.29, 0.717) is 23.7 Å². The molecule has 1 spiro atoms. The molecule has 9 nitrogen and oxygen atoms in total. The molecule has 204 valence electrons. The number of fused-ring (bicyclic) bond motifs is 2. The minimum absolute atomic E-state index is 0. The van der Waals surface area contributed by atoms with Crippen LogP contribution in [-0.2, 0) is 17.9 Å². The summed E-state index contributed by atoms with van der Waals surface area (Å²) in [6.07, 6.45) is 2.94. The van der Waals surface area contributed by atoms with Crippen LogP contribution in [-0.4, -0.2) is 59.3 Å². The van der Waals surface area contributed by atoms with Gasteiger partial charge < -0.3 is 25.4 Å². The Hall–Kier alpha value is -2.36. The Bertz CT molecular complexity index is 1270. The zero-order valence-corrected chi connectivity index (χ0v) is 23.9. The predicted molar refractivity (Wildman–Crippen MR) is 158 cm³/mol. The third-order valence-electron chi connectivity index (χ3n) is 8.68. The van der Waals surface area contributed by atoms with Crippen LogP contribution in [0.25, 0.3) is 0 Å². The lowest BCUT2D eigenvalue weighted by Gasteiger charge is -2.42. The fourth-order valence-corrected chi connectivity index (χ4v) is 6.30. The van der Waals surface area contributed by atoms with Crippen LogP contribution in [0.4, 0.5) is 11.5 Å². The minimum Gasteiger partial charge on any atom is -0.390 e. The van der Waals surface area contributed by atoms with Crippen molar-refractivity contribution in [2.24, 2.45) is 16.1 Å². The normalized spacial score (nSPS) is 25.1. The second-order valence-corrected chi connectivity index (χ2v) is 10.7. The number of aliphatic hydroxyl groups is 1. The number of aliphatic hydroxyl groups excluding tert-OH is 1. The molecule has 1 aromatic heterocycles. The first-order valence-electron chi connectivity index (χ1n) is 12.9. The van der Waals surface area contributed by atoms with E-state index in [1.807, 2.05) is 18.2 Å². The smallest absolute Gasteiger partial charge is 0.156 e. The summed E-state index contributed by atoms with van der Waals surface area (Å²) >= 11 is 0. The van der Waals surface area contributed by atoms with Crippen molar-refractivity contribution < 1.29 is 9.84 Å². The number of nitriles is 1. The van der Waals surface area contributed by atoms with Gasteiger partial charge in [-0.15, -0.1) is 0 Å². The van der Waals surface area contributed by atoms with Gasteiger partial charge in [-0.1, -0.05) is 6.92 Å². The molecule has 0 bridgehead atoms. The molecule has 0 amide bonds. The van der Waals surface area contributed by atoms with Crippen LogP contribution in [0.3, 0.4) is 0 Å². The molecule has 1 aromatic carbocycles. The van der Waals surface area contributed by atoms with Gasteiger partial charge in [0, 0.05) is 36.8 Å². The van der Waals surface area contributed by atoms with Crippen LogP contribution in [0.1, 0.15) is 67.2 Å². The first-order chi connectivity index (χ1) is 17.4. The Balaban J connectivity index is 0.00000168. The quantitative estimate of drug-likeness (QED) is 0.580. The lowest BCUT2D eigenvalue weighted by Crippen LogP contribution is -2.51. The summed E-state index contributed by atoms with van der Waals surface area (Å²) < 4.78 is 5.87. The Morgan fingerprint density at radius 1 is 1.18 bits per heavy atom. The van der Waals surface area contributed by atoms with Gasteiger partial charge in [-0.3, -0.25) is 4.99 Å². The fourth-order valence-electron chi connectivity index (χ4n) is 6.30. The summed E-state index contributed by atoms with van der Waals surface area (Å²) in [7, 11) is 0. The van der Waals surface area contributed by atoms with Gasteiger partial charge in [-0.25, -0.2) is 9.97 Å². The van der Waals surface area contributed by atoms with Gasteiger partial charge >= 0.3 is 0 Å². The second kappa shape index (κ2) is 11.0. The Morgan fingerprint density at radius 3 is 2.61 bits per heavy atom. The van der Waals surface area contributed by atoms with Gasteiger partial charge in [0.1, 0.15) is 11.4 Å². The number of amidine groups is 1. The lowest BCUT2D eigenvalue weighted by molar-refractivity contribution is 0.0973.